The second kappa shape index (κ2) is 5.82. The molecule has 4 nitrogen and oxygen atoms in total. The van der Waals surface area contributed by atoms with Crippen LogP contribution in [-0.4, -0.2) is 25.7 Å². The van der Waals surface area contributed by atoms with Crippen LogP contribution in [0.25, 0.3) is 0 Å². The topological polar surface area (TPSA) is 66.4 Å². The molecule has 0 aliphatic carbocycles. The van der Waals surface area contributed by atoms with E-state index in [0.29, 0.717) is 6.42 Å². The van der Waals surface area contributed by atoms with Gasteiger partial charge in [0.15, 0.2) is 0 Å². The SMILES string of the molecule is CCc1ccc(S(=O)(=O)NCC(C)(O)CC)cc1. The third-order valence-electron chi connectivity index (χ3n) is 3.05. The van der Waals surface area contributed by atoms with Gasteiger partial charge in [-0.05, 0) is 37.5 Å². The molecule has 0 aromatic heterocycles. The molecule has 0 saturated heterocycles. The number of hydrogen-bond donors (Lipinski definition) is 2. The number of sulfonamides is 1. The first-order valence-corrected chi connectivity index (χ1v) is 7.60. The fourth-order valence-electron chi connectivity index (χ4n) is 1.36. The van der Waals surface area contributed by atoms with Crippen LogP contribution in [0.1, 0.15) is 32.8 Å². The molecule has 18 heavy (non-hydrogen) atoms. The summed E-state index contributed by atoms with van der Waals surface area (Å²) in [6, 6.07) is 6.77. The van der Waals surface area contributed by atoms with E-state index in [2.05, 4.69) is 4.72 Å². The van der Waals surface area contributed by atoms with Gasteiger partial charge in [0.2, 0.25) is 10.0 Å². The smallest absolute Gasteiger partial charge is 0.240 e. The minimum absolute atomic E-state index is 0.0152. The summed E-state index contributed by atoms with van der Waals surface area (Å²) in [5.74, 6) is 0. The average Bonchev–Trinajstić information content (AvgIpc) is 2.37. The lowest BCUT2D eigenvalue weighted by molar-refractivity contribution is 0.0613. The van der Waals surface area contributed by atoms with Crippen molar-refractivity contribution < 1.29 is 13.5 Å². The Morgan fingerprint density at radius 1 is 1.22 bits per heavy atom. The number of aliphatic hydroxyl groups is 1. The van der Waals surface area contributed by atoms with Crippen LogP contribution >= 0.6 is 0 Å². The zero-order chi connectivity index (χ0) is 13.8. The van der Waals surface area contributed by atoms with E-state index in [1.165, 1.54) is 0 Å². The maximum Gasteiger partial charge on any atom is 0.240 e. The first-order valence-electron chi connectivity index (χ1n) is 6.11. The van der Waals surface area contributed by atoms with Gasteiger partial charge in [-0.15, -0.1) is 0 Å². The number of aryl methyl sites for hydroxylation is 1. The van der Waals surface area contributed by atoms with Gasteiger partial charge in [-0.25, -0.2) is 13.1 Å². The molecule has 0 aliphatic rings. The van der Waals surface area contributed by atoms with Crippen molar-refractivity contribution in [2.45, 2.75) is 44.1 Å². The van der Waals surface area contributed by atoms with Crippen LogP contribution in [0.4, 0.5) is 0 Å². The van der Waals surface area contributed by atoms with Crippen molar-refractivity contribution in [1.82, 2.24) is 4.72 Å². The van der Waals surface area contributed by atoms with E-state index < -0.39 is 15.6 Å². The monoisotopic (exact) mass is 271 g/mol. The van der Waals surface area contributed by atoms with E-state index in [4.69, 9.17) is 0 Å². The van der Waals surface area contributed by atoms with Crippen LogP contribution in [0, 0.1) is 0 Å². The molecule has 102 valence electrons. The highest BCUT2D eigenvalue weighted by Crippen LogP contribution is 2.13. The number of rotatable bonds is 6. The molecule has 2 N–H and O–H groups in total. The third kappa shape index (κ3) is 4.08. The van der Waals surface area contributed by atoms with Crippen molar-refractivity contribution in [1.29, 1.82) is 0 Å². The fraction of sp³-hybridized carbons (Fsp3) is 0.538. The van der Waals surface area contributed by atoms with Crippen LogP contribution < -0.4 is 4.72 Å². The molecule has 0 heterocycles. The predicted molar refractivity (Wildman–Crippen MR) is 71.9 cm³/mol. The Morgan fingerprint density at radius 2 is 1.78 bits per heavy atom. The highest BCUT2D eigenvalue weighted by Gasteiger charge is 2.22. The van der Waals surface area contributed by atoms with Crippen LogP contribution in [0.2, 0.25) is 0 Å². The van der Waals surface area contributed by atoms with E-state index in [1.807, 2.05) is 13.8 Å². The zero-order valence-corrected chi connectivity index (χ0v) is 11.9. The first-order chi connectivity index (χ1) is 8.30. The minimum Gasteiger partial charge on any atom is -0.389 e. The summed E-state index contributed by atoms with van der Waals surface area (Å²) in [4.78, 5) is 0.228. The molecule has 0 amide bonds. The first kappa shape index (κ1) is 15.1. The Bertz CT molecular complexity index is 477. The summed E-state index contributed by atoms with van der Waals surface area (Å²) >= 11 is 0. The average molecular weight is 271 g/mol. The van der Waals surface area contributed by atoms with E-state index in [1.54, 1.807) is 31.2 Å². The molecule has 0 fully saturated rings. The van der Waals surface area contributed by atoms with Crippen molar-refractivity contribution in [3.05, 3.63) is 29.8 Å². The minimum atomic E-state index is -3.54. The van der Waals surface area contributed by atoms with Crippen LogP contribution in [0.15, 0.2) is 29.2 Å². The van der Waals surface area contributed by atoms with E-state index >= 15 is 0 Å². The summed E-state index contributed by atoms with van der Waals surface area (Å²) < 4.78 is 26.4. The largest absolute Gasteiger partial charge is 0.389 e. The van der Waals surface area contributed by atoms with Gasteiger partial charge in [0, 0.05) is 6.54 Å². The molecule has 0 spiro atoms. The maximum absolute atomic E-state index is 12.0. The van der Waals surface area contributed by atoms with Gasteiger partial charge in [-0.1, -0.05) is 26.0 Å². The second-order valence-electron chi connectivity index (χ2n) is 4.67. The molecule has 1 rings (SSSR count). The van der Waals surface area contributed by atoms with Gasteiger partial charge in [-0.2, -0.15) is 0 Å². The molecular weight excluding hydrogens is 250 g/mol. The van der Waals surface area contributed by atoms with Crippen molar-refractivity contribution in [2.24, 2.45) is 0 Å². The number of benzene rings is 1. The molecule has 1 unspecified atom stereocenters. The Balaban J connectivity index is 2.80. The fourth-order valence-corrected chi connectivity index (χ4v) is 2.53. The Hall–Kier alpha value is -0.910. The third-order valence-corrected chi connectivity index (χ3v) is 4.46. The zero-order valence-electron chi connectivity index (χ0n) is 11.1. The summed E-state index contributed by atoms with van der Waals surface area (Å²) in [6.45, 7) is 5.45. The highest BCUT2D eigenvalue weighted by molar-refractivity contribution is 7.89. The molecule has 0 radical (unpaired) electrons. The molecule has 0 saturated carbocycles. The lowest BCUT2D eigenvalue weighted by Gasteiger charge is -2.21. The number of hydrogen-bond acceptors (Lipinski definition) is 3. The van der Waals surface area contributed by atoms with Crippen LogP contribution in [0.5, 0.6) is 0 Å². The molecule has 1 aromatic carbocycles. The predicted octanol–water partition coefficient (Wildman–Crippen LogP) is 1.69. The van der Waals surface area contributed by atoms with Crippen LogP contribution in [-0.2, 0) is 16.4 Å². The van der Waals surface area contributed by atoms with Crippen molar-refractivity contribution in [2.75, 3.05) is 6.54 Å². The lowest BCUT2D eigenvalue weighted by Crippen LogP contribution is -2.40. The van der Waals surface area contributed by atoms with Gasteiger partial charge < -0.3 is 5.11 Å². The molecule has 1 atom stereocenters. The van der Waals surface area contributed by atoms with E-state index in [-0.39, 0.29) is 11.4 Å². The molecule has 0 aliphatic heterocycles. The van der Waals surface area contributed by atoms with Gasteiger partial charge in [-0.3, -0.25) is 0 Å². The molecule has 1 aromatic rings. The second-order valence-corrected chi connectivity index (χ2v) is 6.44. The summed E-state index contributed by atoms with van der Waals surface area (Å²) in [5.41, 5.74) is 0.0747. The van der Waals surface area contributed by atoms with Gasteiger partial charge >= 0.3 is 0 Å². The molecule has 0 bridgehead atoms. The number of nitrogens with one attached hydrogen (secondary N) is 1. The summed E-state index contributed by atoms with van der Waals surface area (Å²) in [5, 5.41) is 9.79. The lowest BCUT2D eigenvalue weighted by atomic mass is 10.1. The Morgan fingerprint density at radius 3 is 2.22 bits per heavy atom. The summed E-state index contributed by atoms with van der Waals surface area (Å²) in [7, 11) is -3.54. The van der Waals surface area contributed by atoms with Crippen molar-refractivity contribution in [3.8, 4) is 0 Å². The molecule has 5 heteroatoms. The summed E-state index contributed by atoms with van der Waals surface area (Å²) in [6.07, 6.45) is 1.36. The van der Waals surface area contributed by atoms with Crippen molar-refractivity contribution >= 4 is 10.0 Å². The Kier molecular flexibility index (Phi) is 4.90. The maximum atomic E-state index is 12.0. The van der Waals surface area contributed by atoms with Crippen molar-refractivity contribution in [3.63, 3.8) is 0 Å². The van der Waals surface area contributed by atoms with Gasteiger partial charge in [0.05, 0.1) is 10.5 Å². The van der Waals surface area contributed by atoms with E-state index in [0.717, 1.165) is 12.0 Å². The van der Waals surface area contributed by atoms with Gasteiger partial charge in [0.25, 0.3) is 0 Å². The van der Waals surface area contributed by atoms with Gasteiger partial charge in [0.1, 0.15) is 0 Å². The molecular formula is C13H21NO3S. The van der Waals surface area contributed by atoms with Crippen LogP contribution in [0.3, 0.4) is 0 Å². The highest BCUT2D eigenvalue weighted by atomic mass is 32.2. The Labute approximate surface area is 109 Å². The normalized spacial score (nSPS) is 15.3. The van der Waals surface area contributed by atoms with E-state index in [9.17, 15) is 13.5 Å². The standard InChI is InChI=1S/C13H21NO3S/c1-4-11-6-8-12(9-7-11)18(16,17)14-10-13(3,15)5-2/h6-9,14-15H,4-5,10H2,1-3H3. The quantitative estimate of drug-likeness (QED) is 0.827.